The molecule has 0 fully saturated rings. The molecule has 2 nitrogen and oxygen atoms in total. The number of thiophene rings is 1. The lowest BCUT2D eigenvalue weighted by Crippen LogP contribution is -2.22. The first kappa shape index (κ1) is 11.4. The quantitative estimate of drug-likeness (QED) is 0.857. The maximum atomic E-state index is 5.37. The van der Waals surface area contributed by atoms with Crippen LogP contribution >= 0.6 is 11.3 Å². The van der Waals surface area contributed by atoms with Crippen molar-refractivity contribution >= 4 is 11.3 Å². The van der Waals surface area contributed by atoms with Gasteiger partial charge in [0.25, 0.3) is 0 Å². The second-order valence-electron chi connectivity index (χ2n) is 3.88. The Labute approximate surface area is 100 Å². The van der Waals surface area contributed by atoms with Crippen molar-refractivity contribution in [2.75, 3.05) is 6.54 Å². The lowest BCUT2D eigenvalue weighted by molar-refractivity contribution is 0.502. The van der Waals surface area contributed by atoms with Crippen molar-refractivity contribution < 1.29 is 4.42 Å². The van der Waals surface area contributed by atoms with Crippen LogP contribution in [0.1, 0.15) is 29.9 Å². The van der Waals surface area contributed by atoms with Crippen LogP contribution < -0.4 is 5.32 Å². The van der Waals surface area contributed by atoms with Crippen LogP contribution in [0.2, 0.25) is 0 Å². The van der Waals surface area contributed by atoms with Gasteiger partial charge in [-0.15, -0.1) is 0 Å². The number of rotatable bonds is 5. The molecule has 86 valence electrons. The molecular formula is C13H17NOS. The van der Waals surface area contributed by atoms with Gasteiger partial charge in [0, 0.05) is 11.6 Å². The lowest BCUT2D eigenvalue weighted by atomic mass is 10.0. The van der Waals surface area contributed by atoms with Crippen molar-refractivity contribution in [2.45, 2.75) is 26.3 Å². The van der Waals surface area contributed by atoms with Gasteiger partial charge >= 0.3 is 0 Å². The van der Waals surface area contributed by atoms with Crippen molar-refractivity contribution in [1.82, 2.24) is 5.32 Å². The second kappa shape index (κ2) is 5.32. The van der Waals surface area contributed by atoms with Gasteiger partial charge in [0.15, 0.2) is 0 Å². The molecule has 0 amide bonds. The first-order valence-electron chi connectivity index (χ1n) is 5.59. The molecule has 2 aromatic heterocycles. The van der Waals surface area contributed by atoms with Crippen molar-refractivity contribution in [3.8, 4) is 0 Å². The molecule has 2 aromatic rings. The normalized spacial score (nSPS) is 12.9. The third-order valence-corrected chi connectivity index (χ3v) is 3.48. The summed E-state index contributed by atoms with van der Waals surface area (Å²) in [6.07, 6.45) is 2.79. The molecule has 16 heavy (non-hydrogen) atoms. The highest BCUT2D eigenvalue weighted by atomic mass is 32.1. The molecule has 1 unspecified atom stereocenters. The molecule has 0 saturated heterocycles. The van der Waals surface area contributed by atoms with Crippen LogP contribution in [0.25, 0.3) is 0 Å². The summed E-state index contributed by atoms with van der Waals surface area (Å²) in [6.45, 7) is 5.13. The zero-order valence-electron chi connectivity index (χ0n) is 9.69. The molecule has 0 aliphatic rings. The molecule has 2 rings (SSSR count). The van der Waals surface area contributed by atoms with Crippen LogP contribution in [0.3, 0.4) is 0 Å². The molecule has 0 radical (unpaired) electrons. The van der Waals surface area contributed by atoms with E-state index in [2.05, 4.69) is 35.1 Å². The summed E-state index contributed by atoms with van der Waals surface area (Å²) in [5.74, 6) is 1.01. The van der Waals surface area contributed by atoms with Gasteiger partial charge in [-0.05, 0) is 48.3 Å². The first-order chi connectivity index (χ1) is 7.81. The van der Waals surface area contributed by atoms with E-state index in [-0.39, 0.29) is 0 Å². The molecule has 1 atom stereocenters. The Balaban J connectivity index is 2.14. The summed E-state index contributed by atoms with van der Waals surface area (Å²) < 4.78 is 5.37. The van der Waals surface area contributed by atoms with Crippen LogP contribution in [0.5, 0.6) is 0 Å². The molecule has 0 aromatic carbocycles. The molecule has 0 aliphatic carbocycles. The predicted molar refractivity (Wildman–Crippen MR) is 67.9 cm³/mol. The van der Waals surface area contributed by atoms with E-state index in [1.54, 1.807) is 17.6 Å². The lowest BCUT2D eigenvalue weighted by Gasteiger charge is -2.16. The maximum absolute atomic E-state index is 5.37. The Morgan fingerprint density at radius 1 is 1.44 bits per heavy atom. The van der Waals surface area contributed by atoms with Gasteiger partial charge in [-0.3, -0.25) is 0 Å². The average molecular weight is 235 g/mol. The fraction of sp³-hybridized carbons (Fsp3) is 0.385. The topological polar surface area (TPSA) is 25.2 Å². The molecule has 0 aliphatic heterocycles. The standard InChI is InChI=1S/C13H17NOS/c1-3-14-13(8-11-5-7-16-9-11)12-4-6-15-10(12)2/h4-7,9,13-14H,3,8H2,1-2H3. The molecule has 3 heteroatoms. The molecular weight excluding hydrogens is 218 g/mol. The maximum Gasteiger partial charge on any atom is 0.105 e. The zero-order valence-corrected chi connectivity index (χ0v) is 10.5. The third kappa shape index (κ3) is 2.54. The van der Waals surface area contributed by atoms with Gasteiger partial charge in [-0.2, -0.15) is 11.3 Å². The highest BCUT2D eigenvalue weighted by Crippen LogP contribution is 2.23. The Morgan fingerprint density at radius 2 is 2.31 bits per heavy atom. The molecule has 1 N–H and O–H groups in total. The van der Waals surface area contributed by atoms with Gasteiger partial charge in [0.05, 0.1) is 6.26 Å². The summed E-state index contributed by atoms with van der Waals surface area (Å²) in [5, 5.41) is 7.84. The number of furan rings is 1. The van der Waals surface area contributed by atoms with Crippen molar-refractivity contribution in [3.63, 3.8) is 0 Å². The van der Waals surface area contributed by atoms with E-state index in [4.69, 9.17) is 4.42 Å². The van der Waals surface area contributed by atoms with E-state index in [1.165, 1.54) is 11.1 Å². The second-order valence-corrected chi connectivity index (χ2v) is 4.66. The van der Waals surface area contributed by atoms with Crippen molar-refractivity contribution in [1.29, 1.82) is 0 Å². The number of hydrogen-bond donors (Lipinski definition) is 1. The number of aryl methyl sites for hydroxylation is 1. The van der Waals surface area contributed by atoms with Gasteiger partial charge in [0.2, 0.25) is 0 Å². The van der Waals surface area contributed by atoms with E-state index in [0.717, 1.165) is 18.7 Å². The number of likely N-dealkylation sites (N-methyl/N-ethyl adjacent to an activating group) is 1. The van der Waals surface area contributed by atoms with Gasteiger partial charge < -0.3 is 9.73 Å². The van der Waals surface area contributed by atoms with Crippen molar-refractivity contribution in [3.05, 3.63) is 46.0 Å². The summed E-state index contributed by atoms with van der Waals surface area (Å²) in [6, 6.07) is 4.61. The fourth-order valence-corrected chi connectivity index (χ4v) is 2.62. The van der Waals surface area contributed by atoms with Crippen LogP contribution in [-0.4, -0.2) is 6.54 Å². The molecule has 0 saturated carbocycles. The highest BCUT2D eigenvalue weighted by molar-refractivity contribution is 7.07. The Hall–Kier alpha value is -1.06. The van der Waals surface area contributed by atoms with Gasteiger partial charge in [0.1, 0.15) is 5.76 Å². The molecule has 0 bridgehead atoms. The van der Waals surface area contributed by atoms with E-state index < -0.39 is 0 Å². The van der Waals surface area contributed by atoms with Crippen LogP contribution in [-0.2, 0) is 6.42 Å². The predicted octanol–water partition coefficient (Wildman–Crippen LogP) is 3.54. The number of nitrogens with one attached hydrogen (secondary N) is 1. The van der Waals surface area contributed by atoms with Crippen molar-refractivity contribution in [2.24, 2.45) is 0 Å². The van der Waals surface area contributed by atoms with E-state index in [1.807, 2.05) is 6.92 Å². The summed E-state index contributed by atoms with van der Waals surface area (Å²) in [7, 11) is 0. The minimum Gasteiger partial charge on any atom is -0.469 e. The first-order valence-corrected chi connectivity index (χ1v) is 6.54. The van der Waals surface area contributed by atoms with Crippen LogP contribution in [0.4, 0.5) is 0 Å². The van der Waals surface area contributed by atoms with Gasteiger partial charge in [-0.1, -0.05) is 6.92 Å². The minimum absolute atomic E-state index is 0.360. The van der Waals surface area contributed by atoms with Gasteiger partial charge in [-0.25, -0.2) is 0 Å². The fourth-order valence-electron chi connectivity index (χ4n) is 1.94. The smallest absolute Gasteiger partial charge is 0.105 e. The monoisotopic (exact) mass is 235 g/mol. The highest BCUT2D eigenvalue weighted by Gasteiger charge is 2.15. The van der Waals surface area contributed by atoms with E-state index in [0.29, 0.717) is 6.04 Å². The Bertz CT molecular complexity index is 419. The third-order valence-electron chi connectivity index (χ3n) is 2.74. The van der Waals surface area contributed by atoms with Crippen LogP contribution in [0, 0.1) is 6.92 Å². The largest absolute Gasteiger partial charge is 0.469 e. The SMILES string of the molecule is CCNC(Cc1ccsc1)c1ccoc1C. The van der Waals surface area contributed by atoms with E-state index in [9.17, 15) is 0 Å². The van der Waals surface area contributed by atoms with E-state index >= 15 is 0 Å². The average Bonchev–Trinajstić information content (AvgIpc) is 2.88. The molecule has 2 heterocycles. The molecule has 0 spiro atoms. The summed E-state index contributed by atoms with van der Waals surface area (Å²) in [5.41, 5.74) is 2.66. The summed E-state index contributed by atoms with van der Waals surface area (Å²) in [4.78, 5) is 0. The minimum atomic E-state index is 0.360. The van der Waals surface area contributed by atoms with Crippen LogP contribution in [0.15, 0.2) is 33.6 Å². The summed E-state index contributed by atoms with van der Waals surface area (Å²) >= 11 is 1.75. The number of hydrogen-bond acceptors (Lipinski definition) is 3. The Kier molecular flexibility index (Phi) is 3.80. The Morgan fingerprint density at radius 3 is 2.88 bits per heavy atom. The zero-order chi connectivity index (χ0) is 11.4.